The Hall–Kier alpha value is -3.78. The van der Waals surface area contributed by atoms with Crippen LogP contribution in [0.2, 0.25) is 0 Å². The molecule has 4 rings (SSSR count). The molecule has 4 aromatic rings. The summed E-state index contributed by atoms with van der Waals surface area (Å²) in [4.78, 5) is 27.0. The van der Waals surface area contributed by atoms with Crippen molar-refractivity contribution in [3.8, 4) is 10.6 Å². The van der Waals surface area contributed by atoms with Crippen LogP contribution < -0.4 is 16.0 Å². The Kier molecular flexibility index (Phi) is 5.90. The number of amides is 1. The number of benzene rings is 2. The fourth-order valence-electron chi connectivity index (χ4n) is 3.12. The number of nitrogens with one attached hydrogen (secondary N) is 3. The zero-order valence-electron chi connectivity index (χ0n) is 17.4. The largest absolute Gasteiger partial charge is 0.365 e. The van der Waals surface area contributed by atoms with Gasteiger partial charge in [0, 0.05) is 30.2 Å². The van der Waals surface area contributed by atoms with Gasteiger partial charge in [-0.2, -0.15) is 0 Å². The van der Waals surface area contributed by atoms with Crippen molar-refractivity contribution < 1.29 is 4.79 Å². The van der Waals surface area contributed by atoms with Gasteiger partial charge in [-0.15, -0.1) is 0 Å². The third-order valence-electron chi connectivity index (χ3n) is 4.66. The van der Waals surface area contributed by atoms with E-state index in [2.05, 4.69) is 30.9 Å². The monoisotopic (exact) mass is 430 g/mol. The van der Waals surface area contributed by atoms with Gasteiger partial charge in [-0.05, 0) is 49.7 Å². The number of rotatable bonds is 6. The summed E-state index contributed by atoms with van der Waals surface area (Å²) < 4.78 is 0. The molecule has 0 saturated carbocycles. The molecule has 2 aromatic carbocycles. The fraction of sp³-hybridized carbons (Fsp3) is 0.130. The minimum absolute atomic E-state index is 0.144. The van der Waals surface area contributed by atoms with E-state index in [1.807, 2.05) is 75.5 Å². The molecular formula is C23H22N6OS. The molecular weight excluding hydrogens is 408 g/mol. The Morgan fingerprint density at radius 1 is 0.968 bits per heavy atom. The number of aryl methyl sites for hydroxylation is 2. The van der Waals surface area contributed by atoms with Gasteiger partial charge < -0.3 is 16.0 Å². The lowest BCUT2D eigenvalue weighted by molar-refractivity contribution is 0.102. The van der Waals surface area contributed by atoms with Crippen LogP contribution in [-0.2, 0) is 0 Å². The Labute approximate surface area is 184 Å². The third-order valence-corrected chi connectivity index (χ3v) is 5.86. The Morgan fingerprint density at radius 3 is 2.55 bits per heavy atom. The number of anilines is 4. The fourth-order valence-corrected chi connectivity index (χ4v) is 4.01. The Morgan fingerprint density at radius 2 is 1.77 bits per heavy atom. The summed E-state index contributed by atoms with van der Waals surface area (Å²) in [6.45, 7) is 3.88. The van der Waals surface area contributed by atoms with Crippen molar-refractivity contribution in [2.24, 2.45) is 0 Å². The van der Waals surface area contributed by atoms with Crippen molar-refractivity contribution >= 4 is 39.7 Å². The van der Waals surface area contributed by atoms with Crippen LogP contribution >= 0.6 is 11.3 Å². The maximum Gasteiger partial charge on any atom is 0.255 e. The van der Waals surface area contributed by atoms with E-state index in [9.17, 15) is 4.79 Å². The summed E-state index contributed by atoms with van der Waals surface area (Å²) in [5.74, 6) is 0.327. The number of nitrogens with zero attached hydrogens (tertiary/aromatic N) is 3. The highest BCUT2D eigenvalue weighted by molar-refractivity contribution is 7.19. The standard InChI is InChI=1S/C23H22N6OS/c1-14-7-4-5-10-18(14)21(30)27-16-8-6-9-17(13-16)28-22-25-12-11-19(29-22)20-15(2)26-23(24-3)31-20/h4-13H,1-3H3,(H,24,26)(H,27,30)(H,25,28,29). The zero-order valence-corrected chi connectivity index (χ0v) is 18.2. The SMILES string of the molecule is CNc1nc(C)c(-c2ccnc(Nc3cccc(NC(=O)c4ccccc4C)c3)n2)s1. The summed E-state index contributed by atoms with van der Waals surface area (Å²) in [5, 5.41) is 10.1. The molecule has 8 heteroatoms. The number of carbonyl (C=O) groups is 1. The van der Waals surface area contributed by atoms with Gasteiger partial charge in [0.05, 0.1) is 16.3 Å². The molecule has 156 valence electrons. The van der Waals surface area contributed by atoms with Gasteiger partial charge in [-0.25, -0.2) is 15.0 Å². The van der Waals surface area contributed by atoms with E-state index < -0.39 is 0 Å². The Balaban J connectivity index is 1.52. The minimum atomic E-state index is -0.144. The van der Waals surface area contributed by atoms with Crippen LogP contribution in [0.3, 0.4) is 0 Å². The van der Waals surface area contributed by atoms with Gasteiger partial charge >= 0.3 is 0 Å². The molecule has 0 aliphatic carbocycles. The minimum Gasteiger partial charge on any atom is -0.365 e. The lowest BCUT2D eigenvalue weighted by Gasteiger charge is -2.10. The van der Waals surface area contributed by atoms with Crippen molar-refractivity contribution in [1.82, 2.24) is 15.0 Å². The van der Waals surface area contributed by atoms with Crippen molar-refractivity contribution in [3.05, 3.63) is 77.6 Å². The summed E-state index contributed by atoms with van der Waals surface area (Å²) in [6.07, 6.45) is 1.71. The van der Waals surface area contributed by atoms with E-state index in [0.717, 1.165) is 32.6 Å². The van der Waals surface area contributed by atoms with Crippen molar-refractivity contribution in [1.29, 1.82) is 0 Å². The molecule has 0 atom stereocenters. The van der Waals surface area contributed by atoms with Crippen molar-refractivity contribution in [2.45, 2.75) is 13.8 Å². The summed E-state index contributed by atoms with van der Waals surface area (Å²) >= 11 is 1.55. The maximum atomic E-state index is 12.6. The smallest absolute Gasteiger partial charge is 0.255 e. The van der Waals surface area contributed by atoms with Crippen LogP contribution in [-0.4, -0.2) is 27.9 Å². The zero-order chi connectivity index (χ0) is 21.8. The number of hydrogen-bond acceptors (Lipinski definition) is 7. The first kappa shape index (κ1) is 20.5. The van der Waals surface area contributed by atoms with Crippen LogP contribution in [0.4, 0.5) is 22.5 Å². The molecule has 1 amide bonds. The van der Waals surface area contributed by atoms with Gasteiger partial charge in [-0.1, -0.05) is 35.6 Å². The molecule has 2 heterocycles. The molecule has 0 radical (unpaired) electrons. The van der Waals surface area contributed by atoms with E-state index in [-0.39, 0.29) is 5.91 Å². The first-order valence-corrected chi connectivity index (χ1v) is 10.6. The van der Waals surface area contributed by atoms with Gasteiger partial charge in [0.15, 0.2) is 5.13 Å². The van der Waals surface area contributed by atoms with Crippen LogP contribution in [0, 0.1) is 13.8 Å². The molecule has 3 N–H and O–H groups in total. The first-order chi connectivity index (χ1) is 15.0. The summed E-state index contributed by atoms with van der Waals surface area (Å²) in [6, 6.07) is 16.8. The predicted octanol–water partition coefficient (Wildman–Crippen LogP) is 5.25. The van der Waals surface area contributed by atoms with Crippen LogP contribution in [0.5, 0.6) is 0 Å². The number of thiazole rings is 1. The summed E-state index contributed by atoms with van der Waals surface area (Å²) in [5.41, 5.74) is 4.76. The molecule has 0 aliphatic heterocycles. The van der Waals surface area contributed by atoms with Crippen LogP contribution in [0.15, 0.2) is 60.8 Å². The average Bonchev–Trinajstić information content (AvgIpc) is 3.15. The average molecular weight is 431 g/mol. The second kappa shape index (κ2) is 8.93. The highest BCUT2D eigenvalue weighted by Crippen LogP contribution is 2.31. The molecule has 2 aromatic heterocycles. The highest BCUT2D eigenvalue weighted by atomic mass is 32.1. The molecule has 0 aliphatic rings. The normalized spacial score (nSPS) is 10.5. The van der Waals surface area contributed by atoms with E-state index in [4.69, 9.17) is 0 Å². The maximum absolute atomic E-state index is 12.6. The topological polar surface area (TPSA) is 91.8 Å². The highest BCUT2D eigenvalue weighted by Gasteiger charge is 2.12. The molecule has 31 heavy (non-hydrogen) atoms. The quantitative estimate of drug-likeness (QED) is 0.387. The summed E-state index contributed by atoms with van der Waals surface area (Å²) in [7, 11) is 1.85. The number of hydrogen-bond donors (Lipinski definition) is 3. The number of aromatic nitrogens is 3. The first-order valence-electron chi connectivity index (χ1n) is 9.76. The molecule has 0 saturated heterocycles. The Bertz CT molecular complexity index is 1240. The predicted molar refractivity (Wildman–Crippen MR) is 126 cm³/mol. The van der Waals surface area contributed by atoms with E-state index in [0.29, 0.717) is 17.2 Å². The van der Waals surface area contributed by atoms with Gasteiger partial charge in [0.2, 0.25) is 5.95 Å². The van der Waals surface area contributed by atoms with Gasteiger partial charge in [-0.3, -0.25) is 4.79 Å². The second-order valence-corrected chi connectivity index (χ2v) is 7.92. The third kappa shape index (κ3) is 4.70. The van der Waals surface area contributed by atoms with Gasteiger partial charge in [0.25, 0.3) is 5.91 Å². The van der Waals surface area contributed by atoms with E-state index >= 15 is 0 Å². The van der Waals surface area contributed by atoms with Crippen LogP contribution in [0.25, 0.3) is 10.6 Å². The molecule has 0 unspecified atom stereocenters. The van der Waals surface area contributed by atoms with Crippen LogP contribution in [0.1, 0.15) is 21.6 Å². The lowest BCUT2D eigenvalue weighted by Crippen LogP contribution is -2.13. The molecule has 7 nitrogen and oxygen atoms in total. The van der Waals surface area contributed by atoms with E-state index in [1.54, 1.807) is 17.5 Å². The van der Waals surface area contributed by atoms with Gasteiger partial charge in [0.1, 0.15) is 0 Å². The second-order valence-electron chi connectivity index (χ2n) is 6.92. The van der Waals surface area contributed by atoms with E-state index in [1.165, 1.54) is 0 Å². The van der Waals surface area contributed by atoms with Crippen molar-refractivity contribution in [3.63, 3.8) is 0 Å². The molecule has 0 spiro atoms. The molecule has 0 fully saturated rings. The lowest BCUT2D eigenvalue weighted by atomic mass is 10.1. The molecule has 0 bridgehead atoms. The van der Waals surface area contributed by atoms with Crippen molar-refractivity contribution in [2.75, 3.05) is 23.0 Å². The number of carbonyl (C=O) groups excluding carboxylic acids is 1.